The fraction of sp³-hybridized carbons (Fsp3) is 1.00. The second-order valence-corrected chi connectivity index (χ2v) is 6.48. The van der Waals surface area contributed by atoms with Gasteiger partial charge < -0.3 is 10.0 Å². The number of aliphatic hydroxyl groups is 1. The molecule has 3 rings (SSSR count). The van der Waals surface area contributed by atoms with Crippen LogP contribution < -0.4 is 0 Å². The summed E-state index contributed by atoms with van der Waals surface area (Å²) < 4.78 is 0. The summed E-state index contributed by atoms with van der Waals surface area (Å²) >= 11 is 0. The standard InChI is InChI=1S/C15H27NO/c17-15-7-3-5-13(15)9-11-16-10-8-12-4-1-2-6-14(12)16/h12-15,17H,1-11H2. The third-order valence-corrected chi connectivity index (χ3v) is 5.53. The molecule has 1 saturated heterocycles. The van der Waals surface area contributed by atoms with Crippen molar-refractivity contribution in [1.29, 1.82) is 0 Å². The molecule has 0 radical (unpaired) electrons. The molecule has 3 aliphatic rings. The molecule has 1 heterocycles. The Morgan fingerprint density at radius 1 is 0.941 bits per heavy atom. The first-order valence-electron chi connectivity index (χ1n) is 7.77. The minimum Gasteiger partial charge on any atom is -0.393 e. The highest BCUT2D eigenvalue weighted by molar-refractivity contribution is 4.90. The molecule has 1 aliphatic heterocycles. The van der Waals surface area contributed by atoms with Crippen LogP contribution in [-0.2, 0) is 0 Å². The molecule has 0 amide bonds. The predicted octanol–water partition coefficient (Wildman–Crippen LogP) is 2.80. The average molecular weight is 237 g/mol. The van der Waals surface area contributed by atoms with Crippen LogP contribution in [0, 0.1) is 11.8 Å². The Hall–Kier alpha value is -0.0800. The second kappa shape index (κ2) is 5.27. The van der Waals surface area contributed by atoms with E-state index in [0.717, 1.165) is 18.4 Å². The summed E-state index contributed by atoms with van der Waals surface area (Å²) in [5.41, 5.74) is 0. The number of aliphatic hydroxyl groups excluding tert-OH is 1. The molecule has 17 heavy (non-hydrogen) atoms. The van der Waals surface area contributed by atoms with Gasteiger partial charge in [0.15, 0.2) is 0 Å². The molecular formula is C15H27NO. The summed E-state index contributed by atoms with van der Waals surface area (Å²) in [4.78, 5) is 2.74. The van der Waals surface area contributed by atoms with Crippen molar-refractivity contribution in [2.45, 2.75) is 69.9 Å². The summed E-state index contributed by atoms with van der Waals surface area (Å²) in [6, 6.07) is 0.905. The van der Waals surface area contributed by atoms with E-state index < -0.39 is 0 Å². The molecular weight excluding hydrogens is 210 g/mol. The van der Waals surface area contributed by atoms with E-state index in [-0.39, 0.29) is 6.10 Å². The molecule has 2 saturated carbocycles. The topological polar surface area (TPSA) is 23.5 Å². The molecule has 0 spiro atoms. The van der Waals surface area contributed by atoms with Gasteiger partial charge in [-0.1, -0.05) is 19.3 Å². The van der Waals surface area contributed by atoms with E-state index >= 15 is 0 Å². The third-order valence-electron chi connectivity index (χ3n) is 5.53. The molecule has 3 fully saturated rings. The SMILES string of the molecule is OC1CCCC1CCN1CCC2CCCCC21. The molecule has 98 valence electrons. The molecule has 0 aromatic heterocycles. The highest BCUT2D eigenvalue weighted by atomic mass is 16.3. The van der Waals surface area contributed by atoms with Crippen LogP contribution in [0.25, 0.3) is 0 Å². The summed E-state index contributed by atoms with van der Waals surface area (Å²) in [6.45, 7) is 2.58. The lowest BCUT2D eigenvalue weighted by atomic mass is 9.85. The second-order valence-electron chi connectivity index (χ2n) is 6.48. The van der Waals surface area contributed by atoms with E-state index in [2.05, 4.69) is 4.90 Å². The largest absolute Gasteiger partial charge is 0.393 e. The van der Waals surface area contributed by atoms with Gasteiger partial charge in [-0.15, -0.1) is 0 Å². The third kappa shape index (κ3) is 2.53. The maximum atomic E-state index is 9.88. The molecule has 4 atom stereocenters. The molecule has 2 heteroatoms. The molecule has 0 bridgehead atoms. The summed E-state index contributed by atoms with van der Waals surface area (Å²) in [6.07, 6.45) is 12.1. The molecule has 4 unspecified atom stereocenters. The smallest absolute Gasteiger partial charge is 0.0568 e. The lowest BCUT2D eigenvalue weighted by molar-refractivity contribution is 0.110. The summed E-state index contributed by atoms with van der Waals surface area (Å²) in [7, 11) is 0. The van der Waals surface area contributed by atoms with Gasteiger partial charge in [-0.05, 0) is 63.5 Å². The lowest BCUT2D eigenvalue weighted by Crippen LogP contribution is -2.36. The molecule has 0 aromatic rings. The van der Waals surface area contributed by atoms with Crippen LogP contribution in [0.15, 0.2) is 0 Å². The van der Waals surface area contributed by atoms with Gasteiger partial charge in [-0.3, -0.25) is 0 Å². The lowest BCUT2D eigenvalue weighted by Gasteiger charge is -2.32. The first-order valence-corrected chi connectivity index (χ1v) is 7.77. The van der Waals surface area contributed by atoms with E-state index in [1.807, 2.05) is 0 Å². The Labute approximate surface area is 105 Å². The van der Waals surface area contributed by atoms with Gasteiger partial charge in [0, 0.05) is 6.04 Å². The maximum absolute atomic E-state index is 9.88. The normalized spacial score (nSPS) is 42.9. The van der Waals surface area contributed by atoms with Crippen LogP contribution in [-0.4, -0.2) is 35.2 Å². The van der Waals surface area contributed by atoms with E-state index in [4.69, 9.17) is 0 Å². The molecule has 0 aromatic carbocycles. The van der Waals surface area contributed by atoms with E-state index in [1.165, 1.54) is 64.5 Å². The average Bonchev–Trinajstić information content (AvgIpc) is 2.93. The van der Waals surface area contributed by atoms with Gasteiger partial charge in [0.25, 0.3) is 0 Å². The van der Waals surface area contributed by atoms with E-state index in [9.17, 15) is 5.11 Å². The Morgan fingerprint density at radius 3 is 2.65 bits per heavy atom. The fourth-order valence-electron chi connectivity index (χ4n) is 4.47. The number of hydrogen-bond donors (Lipinski definition) is 1. The van der Waals surface area contributed by atoms with Gasteiger partial charge in [0.05, 0.1) is 6.10 Å². The number of nitrogens with zero attached hydrogens (tertiary/aromatic N) is 1. The predicted molar refractivity (Wildman–Crippen MR) is 69.9 cm³/mol. The summed E-state index contributed by atoms with van der Waals surface area (Å²) in [5, 5.41) is 9.88. The van der Waals surface area contributed by atoms with Crippen molar-refractivity contribution in [3.05, 3.63) is 0 Å². The van der Waals surface area contributed by atoms with Crippen molar-refractivity contribution >= 4 is 0 Å². The molecule has 2 aliphatic carbocycles. The Morgan fingerprint density at radius 2 is 1.82 bits per heavy atom. The van der Waals surface area contributed by atoms with E-state index in [1.54, 1.807) is 0 Å². The van der Waals surface area contributed by atoms with Gasteiger partial charge in [-0.25, -0.2) is 0 Å². The number of hydrogen-bond acceptors (Lipinski definition) is 2. The van der Waals surface area contributed by atoms with Gasteiger partial charge in [-0.2, -0.15) is 0 Å². The van der Waals surface area contributed by atoms with Gasteiger partial charge >= 0.3 is 0 Å². The zero-order chi connectivity index (χ0) is 11.7. The quantitative estimate of drug-likeness (QED) is 0.816. The maximum Gasteiger partial charge on any atom is 0.0568 e. The minimum atomic E-state index is 0.0137. The number of likely N-dealkylation sites (tertiary alicyclic amines) is 1. The Bertz CT molecular complexity index is 255. The molecule has 1 N–H and O–H groups in total. The van der Waals surface area contributed by atoms with Crippen molar-refractivity contribution in [3.8, 4) is 0 Å². The van der Waals surface area contributed by atoms with Gasteiger partial charge in [0.2, 0.25) is 0 Å². The van der Waals surface area contributed by atoms with E-state index in [0.29, 0.717) is 5.92 Å². The minimum absolute atomic E-state index is 0.0137. The zero-order valence-electron chi connectivity index (χ0n) is 11.0. The Kier molecular flexibility index (Phi) is 3.72. The van der Waals surface area contributed by atoms with Crippen molar-refractivity contribution in [1.82, 2.24) is 4.90 Å². The fourth-order valence-corrected chi connectivity index (χ4v) is 4.47. The van der Waals surface area contributed by atoms with Gasteiger partial charge in [0.1, 0.15) is 0 Å². The number of fused-ring (bicyclic) bond motifs is 1. The summed E-state index contributed by atoms with van der Waals surface area (Å²) in [5.74, 6) is 1.62. The van der Waals surface area contributed by atoms with Crippen LogP contribution in [0.2, 0.25) is 0 Å². The van der Waals surface area contributed by atoms with Crippen molar-refractivity contribution in [3.63, 3.8) is 0 Å². The monoisotopic (exact) mass is 237 g/mol. The van der Waals surface area contributed by atoms with Crippen LogP contribution >= 0.6 is 0 Å². The zero-order valence-corrected chi connectivity index (χ0v) is 11.0. The highest BCUT2D eigenvalue weighted by Crippen LogP contribution is 2.37. The van der Waals surface area contributed by atoms with Crippen LogP contribution in [0.1, 0.15) is 57.8 Å². The molecule has 2 nitrogen and oxygen atoms in total. The Balaban J connectivity index is 1.48. The van der Waals surface area contributed by atoms with Crippen molar-refractivity contribution in [2.75, 3.05) is 13.1 Å². The van der Waals surface area contributed by atoms with Crippen molar-refractivity contribution in [2.24, 2.45) is 11.8 Å². The van der Waals surface area contributed by atoms with Crippen LogP contribution in [0.3, 0.4) is 0 Å². The van der Waals surface area contributed by atoms with Crippen LogP contribution in [0.4, 0.5) is 0 Å². The number of rotatable bonds is 3. The highest BCUT2D eigenvalue weighted by Gasteiger charge is 2.36. The first-order chi connectivity index (χ1) is 8.34. The van der Waals surface area contributed by atoms with Crippen LogP contribution in [0.5, 0.6) is 0 Å². The van der Waals surface area contributed by atoms with Crippen molar-refractivity contribution < 1.29 is 5.11 Å². The first kappa shape index (κ1) is 12.0.